The van der Waals surface area contributed by atoms with Gasteiger partial charge in [0, 0.05) is 13.0 Å². The first-order valence-electron chi connectivity index (χ1n) is 5.82. The van der Waals surface area contributed by atoms with Gasteiger partial charge in [-0.1, -0.05) is 0 Å². The van der Waals surface area contributed by atoms with E-state index in [0.717, 1.165) is 38.1 Å². The summed E-state index contributed by atoms with van der Waals surface area (Å²) in [5.41, 5.74) is 0. The number of hydrogen-bond acceptors (Lipinski definition) is 4. The Morgan fingerprint density at radius 3 is 2.81 bits per heavy atom. The molecular weight excluding hydrogens is 226 g/mol. The molecule has 0 N–H and O–H groups in total. The summed E-state index contributed by atoms with van der Waals surface area (Å²) in [5.74, 6) is 1.95. The Labute approximate surface area is 94.8 Å². The summed E-state index contributed by atoms with van der Waals surface area (Å²) in [7, 11) is -2.97. The third kappa shape index (κ3) is 1.47. The monoisotopic (exact) mass is 241 g/mol. The number of hydrogen-bond donors (Lipinski definition) is 0. The molecule has 1 fully saturated rings. The van der Waals surface area contributed by atoms with Crippen molar-refractivity contribution in [1.82, 2.24) is 14.8 Å². The Balaban J connectivity index is 2.04. The Morgan fingerprint density at radius 1 is 1.19 bits per heavy atom. The molecule has 2 aliphatic heterocycles. The van der Waals surface area contributed by atoms with Crippen LogP contribution < -0.4 is 0 Å². The van der Waals surface area contributed by atoms with Crippen molar-refractivity contribution in [2.75, 3.05) is 5.75 Å². The van der Waals surface area contributed by atoms with E-state index < -0.39 is 15.1 Å². The van der Waals surface area contributed by atoms with Crippen LogP contribution in [0.4, 0.5) is 0 Å². The van der Waals surface area contributed by atoms with Crippen LogP contribution in [0.25, 0.3) is 0 Å². The fourth-order valence-electron chi connectivity index (χ4n) is 2.65. The lowest BCUT2D eigenvalue weighted by molar-refractivity contribution is 0.500. The Bertz CT molecular complexity index is 506. The molecule has 1 atom stereocenters. The zero-order valence-corrected chi connectivity index (χ0v) is 9.91. The molecular formula is C10H15N3O2S. The molecule has 2 aliphatic rings. The van der Waals surface area contributed by atoms with E-state index in [9.17, 15) is 8.42 Å². The number of aryl methyl sites for hydroxylation is 1. The van der Waals surface area contributed by atoms with E-state index in [1.807, 2.05) is 4.57 Å². The van der Waals surface area contributed by atoms with Crippen molar-refractivity contribution in [3.05, 3.63) is 11.6 Å². The Kier molecular flexibility index (Phi) is 2.27. The molecule has 6 heteroatoms. The highest BCUT2D eigenvalue weighted by Gasteiger charge is 2.37. The molecule has 88 valence electrons. The second-order valence-electron chi connectivity index (χ2n) is 4.58. The zero-order valence-electron chi connectivity index (χ0n) is 9.09. The lowest BCUT2D eigenvalue weighted by Crippen LogP contribution is -2.18. The maximum Gasteiger partial charge on any atom is 0.160 e. The molecule has 0 aromatic carbocycles. The lowest BCUT2D eigenvalue weighted by Gasteiger charge is -2.17. The van der Waals surface area contributed by atoms with Crippen molar-refractivity contribution >= 4 is 9.84 Å². The van der Waals surface area contributed by atoms with Crippen LogP contribution in [0.1, 0.15) is 42.6 Å². The van der Waals surface area contributed by atoms with E-state index in [2.05, 4.69) is 10.2 Å². The fourth-order valence-corrected chi connectivity index (χ4v) is 4.53. The van der Waals surface area contributed by atoms with Gasteiger partial charge in [0.1, 0.15) is 11.1 Å². The van der Waals surface area contributed by atoms with E-state index in [1.54, 1.807) is 0 Å². The number of rotatable bonds is 1. The maximum absolute atomic E-state index is 11.9. The highest BCUT2D eigenvalue weighted by molar-refractivity contribution is 7.91. The minimum Gasteiger partial charge on any atom is -0.314 e. The van der Waals surface area contributed by atoms with Crippen molar-refractivity contribution in [3.8, 4) is 0 Å². The van der Waals surface area contributed by atoms with Crippen LogP contribution in [-0.2, 0) is 22.8 Å². The number of nitrogens with zero attached hydrogens (tertiary/aromatic N) is 3. The molecule has 1 aromatic heterocycles. The molecule has 1 aromatic rings. The van der Waals surface area contributed by atoms with Crippen LogP contribution >= 0.6 is 0 Å². The first-order chi connectivity index (χ1) is 7.68. The molecule has 5 nitrogen and oxygen atoms in total. The van der Waals surface area contributed by atoms with E-state index in [0.29, 0.717) is 18.0 Å². The molecule has 0 saturated carbocycles. The van der Waals surface area contributed by atoms with E-state index in [4.69, 9.17) is 0 Å². The second kappa shape index (κ2) is 3.55. The molecule has 0 bridgehead atoms. The van der Waals surface area contributed by atoms with Gasteiger partial charge in [-0.25, -0.2) is 8.42 Å². The highest BCUT2D eigenvalue weighted by atomic mass is 32.2. The van der Waals surface area contributed by atoms with E-state index in [-0.39, 0.29) is 0 Å². The van der Waals surface area contributed by atoms with Gasteiger partial charge in [0.05, 0.1) is 5.75 Å². The van der Waals surface area contributed by atoms with Gasteiger partial charge in [0.2, 0.25) is 0 Å². The maximum atomic E-state index is 11.9. The van der Waals surface area contributed by atoms with Crippen LogP contribution in [0, 0.1) is 0 Å². The molecule has 0 amide bonds. The molecule has 16 heavy (non-hydrogen) atoms. The van der Waals surface area contributed by atoms with Gasteiger partial charge in [-0.05, 0) is 25.7 Å². The second-order valence-corrected chi connectivity index (χ2v) is 6.88. The van der Waals surface area contributed by atoms with Gasteiger partial charge >= 0.3 is 0 Å². The van der Waals surface area contributed by atoms with E-state index in [1.165, 1.54) is 0 Å². The number of sulfone groups is 1. The van der Waals surface area contributed by atoms with Crippen molar-refractivity contribution in [1.29, 1.82) is 0 Å². The summed E-state index contributed by atoms with van der Waals surface area (Å²) in [4.78, 5) is 0. The number of aromatic nitrogens is 3. The minimum atomic E-state index is -2.97. The van der Waals surface area contributed by atoms with Gasteiger partial charge in [0.25, 0.3) is 0 Å². The predicted molar refractivity (Wildman–Crippen MR) is 58.7 cm³/mol. The van der Waals surface area contributed by atoms with E-state index >= 15 is 0 Å². The van der Waals surface area contributed by atoms with Gasteiger partial charge < -0.3 is 4.57 Å². The van der Waals surface area contributed by atoms with Crippen LogP contribution in [-0.4, -0.2) is 28.9 Å². The predicted octanol–water partition coefficient (Wildman–Crippen LogP) is 0.864. The summed E-state index contributed by atoms with van der Waals surface area (Å²) in [6, 6.07) is 0. The average Bonchev–Trinajstić information content (AvgIpc) is 2.81. The first kappa shape index (κ1) is 10.3. The molecule has 1 saturated heterocycles. The van der Waals surface area contributed by atoms with Crippen LogP contribution in [0.5, 0.6) is 0 Å². The standard InChI is InChI=1S/C10H15N3O2S/c14-16(15)7-3-4-8(16)10-12-11-9-5-1-2-6-13(9)10/h8H,1-7H2. The average molecular weight is 241 g/mol. The third-order valence-corrected chi connectivity index (χ3v) is 5.68. The topological polar surface area (TPSA) is 64.8 Å². The van der Waals surface area contributed by atoms with Crippen molar-refractivity contribution in [3.63, 3.8) is 0 Å². The normalized spacial score (nSPS) is 27.9. The van der Waals surface area contributed by atoms with Gasteiger partial charge in [-0.3, -0.25) is 0 Å². The molecule has 3 rings (SSSR count). The minimum absolute atomic E-state index is 0.305. The first-order valence-corrected chi connectivity index (χ1v) is 7.53. The molecule has 0 spiro atoms. The van der Waals surface area contributed by atoms with Crippen molar-refractivity contribution < 1.29 is 8.42 Å². The van der Waals surface area contributed by atoms with Crippen LogP contribution in [0.3, 0.4) is 0 Å². The van der Waals surface area contributed by atoms with Gasteiger partial charge in [0.15, 0.2) is 15.7 Å². The Hall–Kier alpha value is -0.910. The van der Waals surface area contributed by atoms with Crippen LogP contribution in [0.2, 0.25) is 0 Å². The third-order valence-electron chi connectivity index (χ3n) is 3.50. The molecule has 0 radical (unpaired) electrons. The molecule has 1 unspecified atom stereocenters. The number of fused-ring (bicyclic) bond motifs is 1. The summed E-state index contributed by atoms with van der Waals surface area (Å²) in [6.07, 6.45) is 4.63. The Morgan fingerprint density at radius 2 is 2.06 bits per heavy atom. The molecule has 0 aliphatic carbocycles. The summed E-state index contributed by atoms with van der Waals surface area (Å²) in [5, 5.41) is 7.83. The zero-order chi connectivity index (χ0) is 11.2. The van der Waals surface area contributed by atoms with Gasteiger partial charge in [-0.15, -0.1) is 10.2 Å². The lowest BCUT2D eigenvalue weighted by atomic mass is 10.1. The van der Waals surface area contributed by atoms with Crippen LogP contribution in [0.15, 0.2) is 0 Å². The summed E-state index contributed by atoms with van der Waals surface area (Å²) in [6.45, 7) is 0.879. The molecule has 3 heterocycles. The largest absolute Gasteiger partial charge is 0.314 e. The summed E-state index contributed by atoms with van der Waals surface area (Å²) >= 11 is 0. The fraction of sp³-hybridized carbons (Fsp3) is 0.800. The smallest absolute Gasteiger partial charge is 0.160 e. The van der Waals surface area contributed by atoms with Gasteiger partial charge in [-0.2, -0.15) is 0 Å². The highest BCUT2D eigenvalue weighted by Crippen LogP contribution is 2.34. The summed E-state index contributed by atoms with van der Waals surface area (Å²) < 4.78 is 25.8. The van der Waals surface area contributed by atoms with Crippen molar-refractivity contribution in [2.45, 2.75) is 43.9 Å². The van der Waals surface area contributed by atoms with Crippen molar-refractivity contribution in [2.24, 2.45) is 0 Å². The quantitative estimate of drug-likeness (QED) is 0.731. The SMILES string of the molecule is O=S1(=O)CCCC1c1nnc2n1CCCC2.